The van der Waals surface area contributed by atoms with E-state index in [0.29, 0.717) is 10.9 Å². The molecule has 0 saturated carbocycles. The van der Waals surface area contributed by atoms with Crippen LogP contribution in [0.25, 0.3) is 10.9 Å². The summed E-state index contributed by atoms with van der Waals surface area (Å²) in [5.74, 6) is -0.972. The molecule has 0 radical (unpaired) electrons. The number of amides is 1. The fraction of sp³-hybridized carbons (Fsp3) is 0.0625. The minimum absolute atomic E-state index is 0.0799. The highest BCUT2D eigenvalue weighted by Gasteiger charge is 2.10. The summed E-state index contributed by atoms with van der Waals surface area (Å²) >= 11 is 9.16. The first-order valence-corrected chi connectivity index (χ1v) is 8.01. The fourth-order valence-electron chi connectivity index (χ4n) is 2.18. The van der Waals surface area contributed by atoms with Crippen LogP contribution in [0.3, 0.4) is 0 Å². The van der Waals surface area contributed by atoms with Gasteiger partial charge in [-0.15, -0.1) is 0 Å². The van der Waals surface area contributed by atoms with Crippen molar-refractivity contribution in [2.24, 2.45) is 0 Å². The molecule has 0 saturated heterocycles. The van der Waals surface area contributed by atoms with Crippen molar-refractivity contribution in [2.45, 2.75) is 6.54 Å². The second-order valence-corrected chi connectivity index (χ2v) is 6.33. The van der Waals surface area contributed by atoms with Crippen LogP contribution in [0.5, 0.6) is 0 Å². The van der Waals surface area contributed by atoms with Gasteiger partial charge in [0.25, 0.3) is 5.56 Å². The van der Waals surface area contributed by atoms with Gasteiger partial charge >= 0.3 is 0 Å². The summed E-state index contributed by atoms with van der Waals surface area (Å²) in [4.78, 5) is 28.7. The van der Waals surface area contributed by atoms with Crippen LogP contribution in [0.1, 0.15) is 0 Å². The molecule has 0 aliphatic carbocycles. The van der Waals surface area contributed by atoms with Crippen LogP contribution in [0.2, 0.25) is 5.02 Å². The van der Waals surface area contributed by atoms with Crippen LogP contribution in [-0.2, 0) is 11.3 Å². The predicted octanol–water partition coefficient (Wildman–Crippen LogP) is 3.59. The standard InChI is InChI=1S/C16H10BrClFN3O2/c17-9-1-3-13-11(5-9)16(24)22(8-20-13)7-15(23)21-14-4-2-10(19)6-12(14)18/h1-6,8H,7H2,(H,21,23). The fourth-order valence-corrected chi connectivity index (χ4v) is 2.75. The Labute approximate surface area is 149 Å². The zero-order valence-electron chi connectivity index (χ0n) is 12.1. The third-order valence-corrected chi connectivity index (χ3v) is 4.11. The molecule has 1 amide bonds. The molecule has 2 aromatic carbocycles. The van der Waals surface area contributed by atoms with Crippen molar-refractivity contribution in [3.63, 3.8) is 0 Å². The van der Waals surface area contributed by atoms with Crippen molar-refractivity contribution >= 4 is 50.0 Å². The van der Waals surface area contributed by atoms with Crippen molar-refractivity contribution in [3.05, 3.63) is 68.4 Å². The van der Waals surface area contributed by atoms with Gasteiger partial charge in [0, 0.05) is 4.47 Å². The van der Waals surface area contributed by atoms with Crippen molar-refractivity contribution < 1.29 is 9.18 Å². The van der Waals surface area contributed by atoms with E-state index < -0.39 is 11.7 Å². The molecular formula is C16H10BrClFN3O2. The molecule has 1 N–H and O–H groups in total. The molecule has 1 heterocycles. The van der Waals surface area contributed by atoms with Gasteiger partial charge in [0.05, 0.1) is 27.9 Å². The summed E-state index contributed by atoms with van der Waals surface area (Å²) in [6.45, 7) is -0.234. The Kier molecular flexibility index (Phi) is 4.64. The Balaban J connectivity index is 1.85. The Morgan fingerprint density at radius 3 is 2.83 bits per heavy atom. The Morgan fingerprint density at radius 2 is 2.08 bits per heavy atom. The maximum Gasteiger partial charge on any atom is 0.261 e. The predicted molar refractivity (Wildman–Crippen MR) is 93.7 cm³/mol. The molecule has 0 spiro atoms. The van der Waals surface area contributed by atoms with Crippen molar-refractivity contribution in [3.8, 4) is 0 Å². The first kappa shape index (κ1) is 16.6. The Bertz CT molecular complexity index is 1010. The summed E-state index contributed by atoms with van der Waals surface area (Å²) in [5, 5.41) is 3.02. The summed E-state index contributed by atoms with van der Waals surface area (Å²) in [7, 11) is 0. The number of halogens is 3. The number of hydrogen-bond donors (Lipinski definition) is 1. The van der Waals surface area contributed by atoms with Crippen LogP contribution in [0.4, 0.5) is 10.1 Å². The molecule has 0 aliphatic rings. The largest absolute Gasteiger partial charge is 0.323 e. The van der Waals surface area contributed by atoms with Crippen LogP contribution in [0, 0.1) is 5.82 Å². The van der Waals surface area contributed by atoms with Gasteiger partial charge in [0.15, 0.2) is 0 Å². The number of benzene rings is 2. The summed E-state index contributed by atoms with van der Waals surface area (Å²) in [6, 6.07) is 8.77. The van der Waals surface area contributed by atoms with Gasteiger partial charge in [-0.2, -0.15) is 0 Å². The average Bonchev–Trinajstić information content (AvgIpc) is 2.53. The van der Waals surface area contributed by atoms with E-state index in [-0.39, 0.29) is 22.8 Å². The first-order chi connectivity index (χ1) is 11.4. The molecule has 3 rings (SSSR count). The van der Waals surface area contributed by atoms with E-state index in [2.05, 4.69) is 26.2 Å². The minimum atomic E-state index is -0.501. The second kappa shape index (κ2) is 6.70. The zero-order chi connectivity index (χ0) is 17.3. The maximum absolute atomic E-state index is 13.0. The van der Waals surface area contributed by atoms with Crippen molar-refractivity contribution in [1.82, 2.24) is 9.55 Å². The van der Waals surface area contributed by atoms with E-state index in [0.717, 1.165) is 10.5 Å². The number of carbonyl (C=O) groups excluding carboxylic acids is 1. The normalized spacial score (nSPS) is 10.8. The minimum Gasteiger partial charge on any atom is -0.323 e. The average molecular weight is 411 g/mol. The monoisotopic (exact) mass is 409 g/mol. The lowest BCUT2D eigenvalue weighted by Crippen LogP contribution is -2.28. The van der Waals surface area contributed by atoms with Crippen molar-refractivity contribution in [1.29, 1.82) is 0 Å². The third kappa shape index (κ3) is 3.47. The molecule has 8 heteroatoms. The van der Waals surface area contributed by atoms with E-state index in [1.54, 1.807) is 18.2 Å². The van der Waals surface area contributed by atoms with Crippen LogP contribution >= 0.6 is 27.5 Å². The number of carbonyl (C=O) groups is 1. The molecule has 24 heavy (non-hydrogen) atoms. The number of rotatable bonds is 3. The van der Waals surface area contributed by atoms with E-state index in [9.17, 15) is 14.0 Å². The SMILES string of the molecule is O=C(Cn1cnc2ccc(Br)cc2c1=O)Nc1ccc(F)cc1Cl. The van der Waals surface area contributed by atoms with Crippen molar-refractivity contribution in [2.75, 3.05) is 5.32 Å². The summed E-state index contributed by atoms with van der Waals surface area (Å²) in [6.07, 6.45) is 1.31. The lowest BCUT2D eigenvalue weighted by Gasteiger charge is -2.09. The number of anilines is 1. The molecule has 0 atom stereocenters. The number of nitrogens with zero attached hydrogens (tertiary/aromatic N) is 2. The van der Waals surface area contributed by atoms with Crippen LogP contribution < -0.4 is 10.9 Å². The van der Waals surface area contributed by atoms with Gasteiger partial charge in [-0.05, 0) is 36.4 Å². The topological polar surface area (TPSA) is 64.0 Å². The molecule has 1 aromatic heterocycles. The maximum atomic E-state index is 13.0. The van der Waals surface area contributed by atoms with Gasteiger partial charge in [-0.1, -0.05) is 27.5 Å². The summed E-state index contributed by atoms with van der Waals surface area (Å²) in [5.41, 5.74) is 0.482. The highest BCUT2D eigenvalue weighted by Crippen LogP contribution is 2.22. The smallest absolute Gasteiger partial charge is 0.261 e. The van der Waals surface area contributed by atoms with E-state index in [1.165, 1.54) is 23.0 Å². The summed E-state index contributed by atoms with van der Waals surface area (Å²) < 4.78 is 15.0. The van der Waals surface area contributed by atoms with Gasteiger partial charge in [0.1, 0.15) is 12.4 Å². The quantitative estimate of drug-likeness (QED) is 0.718. The molecule has 0 unspecified atom stereocenters. The molecule has 122 valence electrons. The molecule has 0 fully saturated rings. The van der Waals surface area contributed by atoms with Crippen LogP contribution in [-0.4, -0.2) is 15.5 Å². The Hall–Kier alpha value is -2.25. The lowest BCUT2D eigenvalue weighted by atomic mass is 10.2. The third-order valence-electron chi connectivity index (χ3n) is 3.31. The number of fused-ring (bicyclic) bond motifs is 1. The van der Waals surface area contributed by atoms with E-state index in [1.807, 2.05) is 0 Å². The van der Waals surface area contributed by atoms with E-state index in [4.69, 9.17) is 11.6 Å². The molecule has 0 aliphatic heterocycles. The number of aromatic nitrogens is 2. The lowest BCUT2D eigenvalue weighted by molar-refractivity contribution is -0.116. The van der Waals surface area contributed by atoms with E-state index >= 15 is 0 Å². The Morgan fingerprint density at radius 1 is 1.29 bits per heavy atom. The molecule has 0 bridgehead atoms. The molecule has 3 aromatic rings. The molecular weight excluding hydrogens is 401 g/mol. The van der Waals surface area contributed by atoms with Crippen LogP contribution in [0.15, 0.2) is 52.0 Å². The van der Waals surface area contributed by atoms with Gasteiger partial charge in [0.2, 0.25) is 5.91 Å². The zero-order valence-corrected chi connectivity index (χ0v) is 14.4. The highest BCUT2D eigenvalue weighted by molar-refractivity contribution is 9.10. The van der Waals surface area contributed by atoms with Gasteiger partial charge in [-0.3, -0.25) is 14.2 Å². The first-order valence-electron chi connectivity index (χ1n) is 6.83. The second-order valence-electron chi connectivity index (χ2n) is 5.01. The number of nitrogens with one attached hydrogen (secondary N) is 1. The molecule has 5 nitrogen and oxygen atoms in total. The van der Waals surface area contributed by atoms with Gasteiger partial charge in [-0.25, -0.2) is 9.37 Å². The number of hydrogen-bond acceptors (Lipinski definition) is 3. The van der Waals surface area contributed by atoms with Gasteiger partial charge < -0.3 is 5.32 Å². The highest BCUT2D eigenvalue weighted by atomic mass is 79.9.